The zero-order valence-corrected chi connectivity index (χ0v) is 37.1. The van der Waals surface area contributed by atoms with Gasteiger partial charge >= 0.3 is 23.9 Å². The first kappa shape index (κ1) is 46.9. The third-order valence-electron chi connectivity index (χ3n) is 13.8. The van der Waals surface area contributed by atoms with Crippen molar-refractivity contribution in [2.24, 2.45) is 16.7 Å². The second-order valence-electron chi connectivity index (χ2n) is 17.7. The van der Waals surface area contributed by atoms with Crippen LogP contribution in [-0.4, -0.2) is 120 Å². The van der Waals surface area contributed by atoms with Crippen molar-refractivity contribution in [2.45, 2.75) is 108 Å². The number of ketones is 1. The standard InChI is InChI=1S/C47H53NO17/c1-23-31(63-43(56)36(52)35(30-15-12-18-60-30)48-41(54)26-13-10-9-11-14-26)21-47(57)40(64-42(55)28-19-27(58-7)16-17-29(28)59-8)38-45(6,32(51)20-33-46(38,22-61-33)65-25(3)50)39(53)37(62-24(2)49)34(23)44(47,4)5/h9-19,31-33,35-38,40,51-52,57H,20-22H2,1-8H3,(H,48,54)/t31-,32-,33+,35-,36+,37+,38-,40-,45+,46-,47+/m0/s1. The van der Waals surface area contributed by atoms with Crippen molar-refractivity contribution in [3.05, 3.63) is 95.0 Å². The number of amides is 1. The quantitative estimate of drug-likeness (QED) is 0.116. The molecule has 2 aromatic carbocycles. The smallest absolute Gasteiger partial charge is 0.342 e. The van der Waals surface area contributed by atoms with Crippen LogP contribution in [0, 0.1) is 16.7 Å². The fraction of sp³-hybridized carbons (Fsp3) is 0.489. The maximum absolute atomic E-state index is 15.6. The van der Waals surface area contributed by atoms with Crippen LogP contribution in [0.5, 0.6) is 11.5 Å². The summed E-state index contributed by atoms with van der Waals surface area (Å²) in [5.74, 6) is -7.10. The van der Waals surface area contributed by atoms with Gasteiger partial charge in [0.05, 0.1) is 44.5 Å². The number of hydrogen-bond donors (Lipinski definition) is 4. The fourth-order valence-corrected chi connectivity index (χ4v) is 10.3. The Hall–Kier alpha value is -6.08. The van der Waals surface area contributed by atoms with Gasteiger partial charge in [0.15, 0.2) is 23.6 Å². The molecule has 2 bridgehead atoms. The van der Waals surface area contributed by atoms with E-state index in [2.05, 4.69) is 5.32 Å². The van der Waals surface area contributed by atoms with Crippen LogP contribution in [0.4, 0.5) is 0 Å². The summed E-state index contributed by atoms with van der Waals surface area (Å²) in [6.45, 7) is 7.74. The SMILES string of the molecule is COc1ccc(OC)c(C(=O)O[C@H]2[C@@H]3[C@]4(OC(C)=O)CO[C@@H]4C[C@H](O)[C@@]3(C)C(=O)[C@H](OC(C)=O)C3=C(C)[C@@H](OC(=O)[C@H](O)[C@@H](NC(=O)c4ccccc4)c4ccco4)C[C@]2(O)C3(C)C)c1. The fourth-order valence-electron chi connectivity index (χ4n) is 10.3. The molecule has 3 aliphatic carbocycles. The molecule has 3 fully saturated rings. The Labute approximate surface area is 374 Å². The van der Waals surface area contributed by atoms with Crippen molar-refractivity contribution in [3.63, 3.8) is 0 Å². The van der Waals surface area contributed by atoms with Crippen molar-refractivity contribution < 1.29 is 81.7 Å². The number of Topliss-reactive ketones (excluding diaryl/α,β-unsaturated/α-hetero) is 1. The Morgan fingerprint density at radius 2 is 1.62 bits per heavy atom. The molecule has 1 saturated heterocycles. The number of hydrogen-bond acceptors (Lipinski definition) is 17. The largest absolute Gasteiger partial charge is 0.497 e. The molecule has 11 atom stereocenters. The average Bonchev–Trinajstić information content (AvgIpc) is 3.81. The van der Waals surface area contributed by atoms with E-state index in [9.17, 15) is 39.3 Å². The summed E-state index contributed by atoms with van der Waals surface area (Å²) >= 11 is 0. The van der Waals surface area contributed by atoms with Gasteiger partial charge in [-0.1, -0.05) is 32.0 Å². The summed E-state index contributed by atoms with van der Waals surface area (Å²) in [6, 6.07) is 13.8. The molecule has 0 unspecified atom stereocenters. The number of aliphatic hydroxyl groups is 3. The Morgan fingerprint density at radius 3 is 2.20 bits per heavy atom. The third-order valence-corrected chi connectivity index (χ3v) is 13.8. The number of ether oxygens (including phenoxy) is 7. The van der Waals surface area contributed by atoms with Gasteiger partial charge in [0.25, 0.3) is 5.91 Å². The van der Waals surface area contributed by atoms with Gasteiger partial charge in [0.1, 0.15) is 52.8 Å². The van der Waals surface area contributed by atoms with E-state index in [1.54, 1.807) is 18.2 Å². The number of rotatable bonds is 12. The number of carbonyl (C=O) groups excluding carboxylic acids is 6. The van der Waals surface area contributed by atoms with Gasteiger partial charge in [0.2, 0.25) is 0 Å². The molecule has 0 spiro atoms. The first-order valence-corrected chi connectivity index (χ1v) is 21.0. The minimum atomic E-state index is -2.49. The number of aliphatic hydroxyl groups excluding tert-OH is 2. The zero-order chi connectivity index (χ0) is 47.4. The summed E-state index contributed by atoms with van der Waals surface area (Å²) in [5, 5.41) is 40.3. The molecular formula is C47H53NO17. The van der Waals surface area contributed by atoms with Crippen LogP contribution in [0.15, 0.2) is 82.5 Å². The van der Waals surface area contributed by atoms with Gasteiger partial charge in [-0.05, 0) is 67.5 Å². The Morgan fingerprint density at radius 1 is 0.908 bits per heavy atom. The van der Waals surface area contributed by atoms with Gasteiger partial charge in [-0.3, -0.25) is 19.2 Å². The highest BCUT2D eigenvalue weighted by Crippen LogP contribution is 2.64. The number of methoxy groups -OCH3 is 2. The monoisotopic (exact) mass is 903 g/mol. The summed E-state index contributed by atoms with van der Waals surface area (Å²) in [4.78, 5) is 84.1. The molecule has 348 valence electrons. The number of fused-ring (bicyclic) bond motifs is 5. The van der Waals surface area contributed by atoms with Crippen LogP contribution >= 0.6 is 0 Å². The molecule has 65 heavy (non-hydrogen) atoms. The second-order valence-corrected chi connectivity index (χ2v) is 17.7. The highest BCUT2D eigenvalue weighted by molar-refractivity contribution is 5.97. The number of benzene rings is 2. The molecule has 4 aliphatic rings. The Kier molecular flexibility index (Phi) is 12.5. The third kappa shape index (κ3) is 7.75. The predicted molar refractivity (Wildman–Crippen MR) is 223 cm³/mol. The van der Waals surface area contributed by atoms with E-state index >= 15 is 4.79 Å². The highest BCUT2D eigenvalue weighted by atomic mass is 16.6. The molecule has 1 aromatic heterocycles. The van der Waals surface area contributed by atoms with Gasteiger partial charge in [-0.15, -0.1) is 0 Å². The number of carbonyl (C=O) groups is 6. The predicted octanol–water partition coefficient (Wildman–Crippen LogP) is 3.35. The van der Waals surface area contributed by atoms with Crippen molar-refractivity contribution in [3.8, 4) is 11.5 Å². The molecule has 2 saturated carbocycles. The van der Waals surface area contributed by atoms with Gasteiger partial charge in [-0.25, -0.2) is 9.59 Å². The zero-order valence-electron chi connectivity index (χ0n) is 37.1. The summed E-state index contributed by atoms with van der Waals surface area (Å²) < 4.78 is 46.8. The lowest BCUT2D eigenvalue weighted by Gasteiger charge is -2.67. The van der Waals surface area contributed by atoms with E-state index in [-0.39, 0.29) is 52.6 Å². The van der Waals surface area contributed by atoms with Crippen LogP contribution in [0.1, 0.15) is 86.9 Å². The van der Waals surface area contributed by atoms with E-state index in [0.29, 0.717) is 0 Å². The van der Waals surface area contributed by atoms with Crippen LogP contribution in [0.25, 0.3) is 0 Å². The van der Waals surface area contributed by atoms with E-state index < -0.39 is 113 Å². The molecule has 4 N–H and O–H groups in total. The van der Waals surface area contributed by atoms with Crippen molar-refractivity contribution in [1.82, 2.24) is 5.32 Å². The topological polar surface area (TPSA) is 253 Å². The summed E-state index contributed by atoms with van der Waals surface area (Å²) in [7, 11) is 2.69. The molecule has 2 heterocycles. The van der Waals surface area contributed by atoms with Crippen LogP contribution < -0.4 is 14.8 Å². The van der Waals surface area contributed by atoms with E-state index in [4.69, 9.17) is 37.6 Å². The normalized spacial score (nSPS) is 30.9. The molecule has 1 amide bonds. The average molecular weight is 904 g/mol. The van der Waals surface area contributed by atoms with Gasteiger partial charge in [-0.2, -0.15) is 0 Å². The van der Waals surface area contributed by atoms with E-state index in [1.807, 2.05) is 0 Å². The minimum Gasteiger partial charge on any atom is -0.497 e. The highest BCUT2D eigenvalue weighted by Gasteiger charge is 2.78. The summed E-state index contributed by atoms with van der Waals surface area (Å²) in [5.41, 5.74) is -8.10. The van der Waals surface area contributed by atoms with Crippen molar-refractivity contribution in [1.29, 1.82) is 0 Å². The second kappa shape index (κ2) is 17.4. The lowest BCUT2D eigenvalue weighted by atomic mass is 9.44. The first-order chi connectivity index (χ1) is 30.7. The number of furan rings is 1. The van der Waals surface area contributed by atoms with Crippen LogP contribution in [0.3, 0.4) is 0 Å². The lowest BCUT2D eigenvalue weighted by molar-refractivity contribution is -0.346. The van der Waals surface area contributed by atoms with E-state index in [1.165, 1.54) is 90.6 Å². The molecular weight excluding hydrogens is 851 g/mol. The molecule has 7 rings (SSSR count). The van der Waals surface area contributed by atoms with Crippen LogP contribution in [0.2, 0.25) is 0 Å². The maximum atomic E-state index is 15.6. The lowest BCUT2D eigenvalue weighted by Crippen LogP contribution is -2.82. The van der Waals surface area contributed by atoms with Crippen LogP contribution in [-0.2, 0) is 42.9 Å². The molecule has 0 radical (unpaired) electrons. The number of esters is 4. The number of nitrogens with one attached hydrogen (secondary N) is 1. The minimum absolute atomic E-state index is 0.00832. The molecule has 3 aromatic rings. The van der Waals surface area contributed by atoms with Gasteiger partial charge in [0, 0.05) is 37.7 Å². The van der Waals surface area contributed by atoms with Crippen molar-refractivity contribution >= 4 is 35.6 Å². The summed E-state index contributed by atoms with van der Waals surface area (Å²) in [6.07, 6.45) is -9.81. The van der Waals surface area contributed by atoms with E-state index in [0.717, 1.165) is 13.8 Å². The Bertz CT molecular complexity index is 2390. The molecule has 18 heteroatoms. The first-order valence-electron chi connectivity index (χ1n) is 21.0. The van der Waals surface area contributed by atoms with Crippen molar-refractivity contribution in [2.75, 3.05) is 20.8 Å². The molecule has 18 nitrogen and oxygen atoms in total. The molecule has 1 aliphatic heterocycles. The maximum Gasteiger partial charge on any atom is 0.342 e. The Balaban J connectivity index is 1.41. The van der Waals surface area contributed by atoms with Gasteiger partial charge < -0.3 is 58.2 Å².